The van der Waals surface area contributed by atoms with Gasteiger partial charge in [-0.2, -0.15) is 0 Å². The van der Waals surface area contributed by atoms with Crippen LogP contribution in [0.4, 0.5) is 0 Å². The Bertz CT molecular complexity index is 412. The molecule has 1 aliphatic carbocycles. The Morgan fingerprint density at radius 3 is 2.42 bits per heavy atom. The zero-order valence-corrected chi connectivity index (χ0v) is 15.8. The third kappa shape index (κ3) is 4.32. The van der Waals surface area contributed by atoms with E-state index in [1.807, 2.05) is 0 Å². The molecule has 4 nitrogen and oxygen atoms in total. The van der Waals surface area contributed by atoms with Gasteiger partial charge in [-0.15, -0.1) is 0 Å². The molecule has 3 rings (SSSR count). The van der Waals surface area contributed by atoms with Gasteiger partial charge >= 0.3 is 0 Å². The molecule has 2 saturated heterocycles. The molecule has 1 N–H and O–H groups in total. The average Bonchev–Trinajstić information content (AvgIpc) is 2.91. The number of nitrogens with one attached hydrogen (secondary N) is 1. The van der Waals surface area contributed by atoms with Crippen LogP contribution in [0, 0.1) is 29.6 Å². The lowest BCUT2D eigenvalue weighted by molar-refractivity contribution is -0.141. The van der Waals surface area contributed by atoms with Crippen LogP contribution in [0.1, 0.15) is 52.9 Å². The van der Waals surface area contributed by atoms with Crippen molar-refractivity contribution in [2.45, 2.75) is 59.0 Å². The number of rotatable bonds is 4. The Balaban J connectivity index is 1.49. The minimum absolute atomic E-state index is 0.212. The van der Waals surface area contributed by atoms with Gasteiger partial charge < -0.3 is 15.0 Å². The van der Waals surface area contributed by atoms with Crippen molar-refractivity contribution < 1.29 is 9.53 Å². The fourth-order valence-electron chi connectivity index (χ4n) is 5.04. The lowest BCUT2D eigenvalue weighted by Crippen LogP contribution is -2.40. The second kappa shape index (κ2) is 8.18. The van der Waals surface area contributed by atoms with E-state index in [-0.39, 0.29) is 18.6 Å². The van der Waals surface area contributed by atoms with Gasteiger partial charge in [-0.3, -0.25) is 4.79 Å². The van der Waals surface area contributed by atoms with Crippen LogP contribution < -0.4 is 5.32 Å². The van der Waals surface area contributed by atoms with Gasteiger partial charge in [0.2, 0.25) is 5.91 Å². The number of fused-ring (bicyclic) bond motifs is 1. The van der Waals surface area contributed by atoms with Crippen molar-refractivity contribution in [3.8, 4) is 0 Å². The van der Waals surface area contributed by atoms with Crippen molar-refractivity contribution in [3.05, 3.63) is 0 Å². The quantitative estimate of drug-likeness (QED) is 0.858. The van der Waals surface area contributed by atoms with Gasteiger partial charge in [0.05, 0.1) is 6.10 Å². The zero-order valence-electron chi connectivity index (χ0n) is 15.8. The van der Waals surface area contributed by atoms with E-state index >= 15 is 0 Å². The Labute approximate surface area is 147 Å². The summed E-state index contributed by atoms with van der Waals surface area (Å²) in [6, 6.07) is 0. The van der Waals surface area contributed by atoms with Gasteiger partial charge in [-0.1, -0.05) is 27.2 Å². The highest BCUT2D eigenvalue weighted by Crippen LogP contribution is 2.35. The SMILES string of the molecule is CC1CCC(C(C)C)C(OCC(=O)N2CC[C@@H]3CNC[C@@H]3CC2)C1. The molecule has 3 unspecified atom stereocenters. The summed E-state index contributed by atoms with van der Waals surface area (Å²) in [7, 11) is 0. The molecule has 3 aliphatic rings. The molecular formula is C20H36N2O2. The predicted octanol–water partition coefficient (Wildman–Crippen LogP) is 2.92. The monoisotopic (exact) mass is 336 g/mol. The summed E-state index contributed by atoms with van der Waals surface area (Å²) >= 11 is 0. The van der Waals surface area contributed by atoms with Gasteiger partial charge in [0.1, 0.15) is 6.61 Å². The molecule has 1 amide bonds. The lowest BCUT2D eigenvalue weighted by Gasteiger charge is -2.37. The number of likely N-dealkylation sites (tertiary alicyclic amines) is 1. The van der Waals surface area contributed by atoms with Crippen LogP contribution in [0.3, 0.4) is 0 Å². The van der Waals surface area contributed by atoms with Crippen molar-refractivity contribution in [3.63, 3.8) is 0 Å². The molecular weight excluding hydrogens is 300 g/mol. The van der Waals surface area contributed by atoms with Gasteiger partial charge in [0.25, 0.3) is 0 Å². The number of hydrogen-bond acceptors (Lipinski definition) is 3. The van der Waals surface area contributed by atoms with E-state index < -0.39 is 0 Å². The molecule has 0 radical (unpaired) electrons. The van der Waals surface area contributed by atoms with Crippen LogP contribution >= 0.6 is 0 Å². The van der Waals surface area contributed by atoms with Gasteiger partial charge in [-0.25, -0.2) is 0 Å². The first-order chi connectivity index (χ1) is 11.5. The largest absolute Gasteiger partial charge is 0.368 e. The van der Waals surface area contributed by atoms with E-state index in [1.165, 1.54) is 12.8 Å². The molecule has 1 saturated carbocycles. The summed E-state index contributed by atoms with van der Waals surface area (Å²) in [5, 5.41) is 3.50. The fraction of sp³-hybridized carbons (Fsp3) is 0.950. The highest BCUT2D eigenvalue weighted by molar-refractivity contribution is 5.77. The third-order valence-electron chi connectivity index (χ3n) is 6.75. The number of carbonyl (C=O) groups excluding carboxylic acids is 1. The molecule has 2 aliphatic heterocycles. The van der Waals surface area contributed by atoms with Gasteiger partial charge in [-0.05, 0) is 68.4 Å². The summed E-state index contributed by atoms with van der Waals surface area (Å²) in [5.74, 6) is 3.74. The Hall–Kier alpha value is -0.610. The first kappa shape index (κ1) is 18.2. The van der Waals surface area contributed by atoms with Crippen molar-refractivity contribution in [1.29, 1.82) is 0 Å². The van der Waals surface area contributed by atoms with Crippen LogP contribution in [0.25, 0.3) is 0 Å². The molecule has 138 valence electrons. The molecule has 3 fully saturated rings. The van der Waals surface area contributed by atoms with Crippen LogP contribution in [0.15, 0.2) is 0 Å². The molecule has 0 bridgehead atoms. The minimum atomic E-state index is 0.212. The van der Waals surface area contributed by atoms with E-state index in [4.69, 9.17) is 4.74 Å². The first-order valence-corrected chi connectivity index (χ1v) is 10.1. The van der Waals surface area contributed by atoms with Crippen molar-refractivity contribution in [2.24, 2.45) is 29.6 Å². The van der Waals surface area contributed by atoms with Crippen molar-refractivity contribution in [1.82, 2.24) is 10.2 Å². The Kier molecular flexibility index (Phi) is 6.20. The number of carbonyl (C=O) groups is 1. The number of nitrogens with zero attached hydrogens (tertiary/aromatic N) is 1. The zero-order chi connectivity index (χ0) is 17.1. The maximum atomic E-state index is 12.7. The standard InChI is InChI=1S/C20H36N2O2/c1-14(2)18-5-4-15(3)10-19(18)24-13-20(23)22-8-6-16-11-21-12-17(16)7-9-22/h14-19,21H,4-13H2,1-3H3/t15?,16-,17+,18?,19?. The topological polar surface area (TPSA) is 41.6 Å². The van der Waals surface area contributed by atoms with Gasteiger partial charge in [0.15, 0.2) is 0 Å². The summed E-state index contributed by atoms with van der Waals surface area (Å²) in [6.45, 7) is 11.3. The normalized spacial score (nSPS) is 37.3. The van der Waals surface area contributed by atoms with E-state index in [0.717, 1.165) is 63.2 Å². The van der Waals surface area contributed by atoms with E-state index in [9.17, 15) is 4.79 Å². The molecule has 24 heavy (non-hydrogen) atoms. The highest BCUT2D eigenvalue weighted by Gasteiger charge is 2.34. The molecule has 0 aromatic carbocycles. The lowest BCUT2D eigenvalue weighted by atomic mass is 9.75. The van der Waals surface area contributed by atoms with Crippen LogP contribution in [0.5, 0.6) is 0 Å². The summed E-state index contributed by atoms with van der Waals surface area (Å²) < 4.78 is 6.17. The average molecular weight is 337 g/mol. The number of amides is 1. The second-order valence-corrected chi connectivity index (χ2v) is 8.81. The summed E-state index contributed by atoms with van der Waals surface area (Å²) in [5.41, 5.74) is 0. The third-order valence-corrected chi connectivity index (χ3v) is 6.75. The Morgan fingerprint density at radius 2 is 1.79 bits per heavy atom. The minimum Gasteiger partial charge on any atom is -0.368 e. The predicted molar refractivity (Wildman–Crippen MR) is 96.7 cm³/mol. The maximum Gasteiger partial charge on any atom is 0.248 e. The van der Waals surface area contributed by atoms with E-state index in [1.54, 1.807) is 0 Å². The molecule has 0 aromatic heterocycles. The number of hydrogen-bond donors (Lipinski definition) is 1. The van der Waals surface area contributed by atoms with E-state index in [0.29, 0.717) is 11.8 Å². The second-order valence-electron chi connectivity index (χ2n) is 8.81. The van der Waals surface area contributed by atoms with Crippen LogP contribution in [-0.4, -0.2) is 49.7 Å². The first-order valence-electron chi connectivity index (χ1n) is 10.1. The summed E-state index contributed by atoms with van der Waals surface area (Å²) in [6.07, 6.45) is 6.24. The Morgan fingerprint density at radius 1 is 1.12 bits per heavy atom. The van der Waals surface area contributed by atoms with Crippen molar-refractivity contribution >= 4 is 5.91 Å². The number of ether oxygens (including phenoxy) is 1. The summed E-state index contributed by atoms with van der Waals surface area (Å²) in [4.78, 5) is 14.7. The molecule has 0 spiro atoms. The molecule has 5 atom stereocenters. The van der Waals surface area contributed by atoms with Gasteiger partial charge in [0, 0.05) is 13.1 Å². The molecule has 4 heteroatoms. The fourth-order valence-corrected chi connectivity index (χ4v) is 5.04. The van der Waals surface area contributed by atoms with E-state index in [2.05, 4.69) is 31.0 Å². The van der Waals surface area contributed by atoms with Crippen LogP contribution in [0.2, 0.25) is 0 Å². The van der Waals surface area contributed by atoms with Crippen LogP contribution in [-0.2, 0) is 9.53 Å². The maximum absolute atomic E-state index is 12.7. The highest BCUT2D eigenvalue weighted by atomic mass is 16.5. The molecule has 2 heterocycles. The molecule has 0 aromatic rings. The smallest absolute Gasteiger partial charge is 0.248 e. The van der Waals surface area contributed by atoms with Crippen molar-refractivity contribution in [2.75, 3.05) is 32.8 Å².